The second-order valence-corrected chi connectivity index (χ2v) is 5.61. The molecule has 126 valence electrons. The van der Waals surface area contributed by atoms with Crippen molar-refractivity contribution in [3.8, 4) is 0 Å². The maximum atomic E-state index is 11.5. The Hall–Kier alpha value is -2.97. The topological polar surface area (TPSA) is 106 Å². The predicted octanol–water partition coefficient (Wildman–Crippen LogP) is 4.57. The second kappa shape index (κ2) is 7.29. The standard InChI is InChI=1S/C15H10Cl2N6O2/c16-11-2-1-10(7-12(11)17)22-15-13(23(24)25)14(19-8-20-15)21-9-3-5-18-6-4-9/h1-8H,(H2,18,19,20,21,22). The Labute approximate surface area is 152 Å². The average Bonchev–Trinajstić information content (AvgIpc) is 2.59. The lowest BCUT2D eigenvalue weighted by Crippen LogP contribution is -2.05. The van der Waals surface area contributed by atoms with Crippen molar-refractivity contribution in [1.29, 1.82) is 0 Å². The van der Waals surface area contributed by atoms with Gasteiger partial charge in [0.05, 0.1) is 15.0 Å². The highest BCUT2D eigenvalue weighted by atomic mass is 35.5. The first-order chi connectivity index (χ1) is 12.0. The minimum absolute atomic E-state index is 0.0231. The number of pyridine rings is 1. The van der Waals surface area contributed by atoms with Gasteiger partial charge >= 0.3 is 5.69 Å². The predicted molar refractivity (Wildman–Crippen MR) is 96.0 cm³/mol. The summed E-state index contributed by atoms with van der Waals surface area (Å²) in [5.41, 5.74) is 0.814. The Morgan fingerprint density at radius 3 is 2.16 bits per heavy atom. The Kier molecular flexibility index (Phi) is 4.92. The van der Waals surface area contributed by atoms with Crippen LogP contribution in [0.15, 0.2) is 49.1 Å². The van der Waals surface area contributed by atoms with Crippen molar-refractivity contribution in [2.24, 2.45) is 0 Å². The molecule has 3 aromatic rings. The lowest BCUT2D eigenvalue weighted by atomic mass is 10.3. The summed E-state index contributed by atoms with van der Waals surface area (Å²) < 4.78 is 0. The van der Waals surface area contributed by atoms with Crippen LogP contribution in [0.1, 0.15) is 0 Å². The summed E-state index contributed by atoms with van der Waals surface area (Å²) in [6.07, 6.45) is 4.34. The fourth-order valence-corrected chi connectivity index (χ4v) is 2.32. The van der Waals surface area contributed by atoms with Crippen molar-refractivity contribution >= 4 is 51.9 Å². The molecule has 0 atom stereocenters. The van der Waals surface area contributed by atoms with Crippen LogP contribution in [0, 0.1) is 10.1 Å². The van der Waals surface area contributed by atoms with Gasteiger partial charge in [0.2, 0.25) is 11.6 Å². The molecule has 0 bridgehead atoms. The van der Waals surface area contributed by atoms with Crippen molar-refractivity contribution in [1.82, 2.24) is 15.0 Å². The van der Waals surface area contributed by atoms with Crippen LogP contribution < -0.4 is 10.6 Å². The second-order valence-electron chi connectivity index (χ2n) is 4.79. The normalized spacial score (nSPS) is 10.3. The summed E-state index contributed by atoms with van der Waals surface area (Å²) in [6.45, 7) is 0. The molecule has 0 unspecified atom stereocenters. The van der Waals surface area contributed by atoms with Crippen LogP contribution in [-0.2, 0) is 0 Å². The molecule has 0 aliphatic rings. The first kappa shape index (κ1) is 16.9. The third-order valence-electron chi connectivity index (χ3n) is 3.13. The molecule has 25 heavy (non-hydrogen) atoms. The smallest absolute Gasteiger partial charge is 0.334 e. The van der Waals surface area contributed by atoms with E-state index in [2.05, 4.69) is 25.6 Å². The van der Waals surface area contributed by atoms with Gasteiger partial charge in [0, 0.05) is 23.8 Å². The number of hydrogen-bond acceptors (Lipinski definition) is 7. The SMILES string of the molecule is O=[N+]([O-])c1c(Nc2ccncc2)ncnc1Nc1ccc(Cl)c(Cl)c1. The van der Waals surface area contributed by atoms with Crippen LogP contribution in [0.25, 0.3) is 0 Å². The van der Waals surface area contributed by atoms with E-state index in [-0.39, 0.29) is 17.3 Å². The summed E-state index contributed by atoms with van der Waals surface area (Å²) in [5, 5.41) is 18.0. The Morgan fingerprint density at radius 2 is 1.56 bits per heavy atom. The van der Waals surface area contributed by atoms with E-state index in [0.717, 1.165) is 0 Å². The molecule has 0 saturated heterocycles. The zero-order chi connectivity index (χ0) is 17.8. The van der Waals surface area contributed by atoms with Gasteiger partial charge < -0.3 is 10.6 Å². The molecule has 2 heterocycles. The van der Waals surface area contributed by atoms with E-state index in [9.17, 15) is 10.1 Å². The fraction of sp³-hybridized carbons (Fsp3) is 0. The molecule has 1 aromatic carbocycles. The van der Waals surface area contributed by atoms with Crippen LogP contribution in [0.3, 0.4) is 0 Å². The number of nitrogens with one attached hydrogen (secondary N) is 2. The van der Waals surface area contributed by atoms with E-state index in [1.165, 1.54) is 6.33 Å². The molecule has 2 N–H and O–H groups in total. The van der Waals surface area contributed by atoms with Crippen LogP contribution >= 0.6 is 23.2 Å². The van der Waals surface area contributed by atoms with Gasteiger partial charge in [0.1, 0.15) is 6.33 Å². The number of aromatic nitrogens is 3. The summed E-state index contributed by atoms with van der Waals surface area (Å²) >= 11 is 11.8. The van der Waals surface area contributed by atoms with Crippen molar-refractivity contribution < 1.29 is 4.92 Å². The van der Waals surface area contributed by atoms with Crippen molar-refractivity contribution in [2.45, 2.75) is 0 Å². The third kappa shape index (κ3) is 3.93. The molecule has 0 spiro atoms. The maximum absolute atomic E-state index is 11.5. The zero-order valence-corrected chi connectivity index (χ0v) is 14.0. The molecule has 0 saturated carbocycles. The van der Waals surface area contributed by atoms with E-state index in [4.69, 9.17) is 23.2 Å². The minimum Gasteiger partial charge on any atom is -0.334 e. The largest absolute Gasteiger partial charge is 0.353 e. The van der Waals surface area contributed by atoms with Gasteiger partial charge in [-0.25, -0.2) is 9.97 Å². The Bertz CT molecular complexity index is 923. The zero-order valence-electron chi connectivity index (χ0n) is 12.5. The van der Waals surface area contributed by atoms with Crippen LogP contribution in [-0.4, -0.2) is 19.9 Å². The van der Waals surface area contributed by atoms with Crippen LogP contribution in [0.5, 0.6) is 0 Å². The van der Waals surface area contributed by atoms with Gasteiger partial charge in [0.15, 0.2) is 0 Å². The number of anilines is 4. The van der Waals surface area contributed by atoms with Crippen LogP contribution in [0.2, 0.25) is 10.0 Å². The number of rotatable bonds is 5. The molecule has 0 radical (unpaired) electrons. The average molecular weight is 377 g/mol. The van der Waals surface area contributed by atoms with Gasteiger partial charge in [-0.2, -0.15) is 0 Å². The molecular formula is C15H10Cl2N6O2. The summed E-state index contributed by atoms with van der Waals surface area (Å²) in [7, 11) is 0. The number of nitro groups is 1. The highest BCUT2D eigenvalue weighted by Gasteiger charge is 2.23. The molecular weight excluding hydrogens is 367 g/mol. The van der Waals surface area contributed by atoms with Crippen molar-refractivity contribution in [3.05, 3.63) is 69.2 Å². The lowest BCUT2D eigenvalue weighted by molar-refractivity contribution is -0.383. The van der Waals surface area contributed by atoms with E-state index in [0.29, 0.717) is 21.4 Å². The maximum Gasteiger partial charge on any atom is 0.353 e. The van der Waals surface area contributed by atoms with Gasteiger partial charge in [-0.15, -0.1) is 0 Å². The summed E-state index contributed by atoms with van der Waals surface area (Å²) in [4.78, 5) is 22.8. The minimum atomic E-state index is -0.566. The van der Waals surface area contributed by atoms with E-state index < -0.39 is 4.92 Å². The van der Waals surface area contributed by atoms with Gasteiger partial charge in [0.25, 0.3) is 0 Å². The Morgan fingerprint density at radius 1 is 0.920 bits per heavy atom. The lowest BCUT2D eigenvalue weighted by Gasteiger charge is -2.10. The first-order valence-electron chi connectivity index (χ1n) is 6.93. The van der Waals surface area contributed by atoms with Gasteiger partial charge in [-0.05, 0) is 30.3 Å². The first-order valence-corrected chi connectivity index (χ1v) is 7.68. The number of halogens is 2. The van der Waals surface area contributed by atoms with E-state index in [1.54, 1.807) is 42.7 Å². The quantitative estimate of drug-likeness (QED) is 0.495. The van der Waals surface area contributed by atoms with Crippen molar-refractivity contribution in [2.75, 3.05) is 10.6 Å². The molecule has 2 aromatic heterocycles. The molecule has 0 aliphatic heterocycles. The highest BCUT2D eigenvalue weighted by molar-refractivity contribution is 6.42. The third-order valence-corrected chi connectivity index (χ3v) is 3.87. The van der Waals surface area contributed by atoms with Crippen molar-refractivity contribution in [3.63, 3.8) is 0 Å². The van der Waals surface area contributed by atoms with E-state index in [1.807, 2.05) is 0 Å². The molecule has 3 rings (SSSR count). The highest BCUT2D eigenvalue weighted by Crippen LogP contribution is 2.34. The van der Waals surface area contributed by atoms with Gasteiger partial charge in [-0.3, -0.25) is 15.1 Å². The number of hydrogen-bond donors (Lipinski definition) is 2. The molecule has 8 nitrogen and oxygen atoms in total. The summed E-state index contributed by atoms with van der Waals surface area (Å²) in [6, 6.07) is 8.09. The number of benzene rings is 1. The number of nitrogens with zero attached hydrogens (tertiary/aromatic N) is 4. The molecule has 10 heteroatoms. The summed E-state index contributed by atoms with van der Waals surface area (Å²) in [5.74, 6) is 0.0729. The fourth-order valence-electron chi connectivity index (χ4n) is 2.02. The molecule has 0 amide bonds. The van der Waals surface area contributed by atoms with Crippen LogP contribution in [0.4, 0.5) is 28.7 Å². The monoisotopic (exact) mass is 376 g/mol. The van der Waals surface area contributed by atoms with E-state index >= 15 is 0 Å². The van der Waals surface area contributed by atoms with Gasteiger partial charge in [-0.1, -0.05) is 23.2 Å². The molecule has 0 aliphatic carbocycles. The Balaban J connectivity index is 1.97. The molecule has 0 fully saturated rings.